The van der Waals surface area contributed by atoms with E-state index in [9.17, 15) is 58.8 Å². The molecule has 1 aromatic heterocycles. The molecule has 2 aromatic rings. The Morgan fingerprint density at radius 3 is 1.82 bits per heavy atom. The van der Waals surface area contributed by atoms with Crippen molar-refractivity contribution in [1.82, 2.24) is 52.5 Å². The minimum Gasteiger partial charge on any atom is -0.508 e. The van der Waals surface area contributed by atoms with Crippen LogP contribution in [0.15, 0.2) is 36.8 Å². The van der Waals surface area contributed by atoms with Crippen LogP contribution in [0.3, 0.4) is 0 Å². The summed E-state index contributed by atoms with van der Waals surface area (Å²) < 4.78 is 0. The summed E-state index contributed by atoms with van der Waals surface area (Å²) in [4.78, 5) is 114. The number of rotatable bonds is 29. The van der Waals surface area contributed by atoms with Crippen molar-refractivity contribution in [2.75, 3.05) is 26.3 Å². The number of imidazole rings is 1. The Bertz CT molecular complexity index is 1930. The van der Waals surface area contributed by atoms with Gasteiger partial charge in [0.25, 0.3) is 0 Å². The average Bonchev–Trinajstić information content (AvgIpc) is 4.04. The van der Waals surface area contributed by atoms with E-state index in [4.69, 9.17) is 5.73 Å². The Morgan fingerprint density at radius 1 is 0.731 bits per heavy atom. The van der Waals surface area contributed by atoms with E-state index in [1.54, 1.807) is 27.7 Å². The Hall–Kier alpha value is -6.17. The van der Waals surface area contributed by atoms with Crippen molar-refractivity contribution in [3.05, 3.63) is 48.0 Å². The lowest BCUT2D eigenvalue weighted by molar-refractivity contribution is -0.142. The van der Waals surface area contributed by atoms with Gasteiger partial charge in [0.05, 0.1) is 25.6 Å². The molecule has 0 spiro atoms. The number of amides is 7. The van der Waals surface area contributed by atoms with Crippen LogP contribution in [-0.4, -0.2) is 152 Å². The van der Waals surface area contributed by atoms with Crippen LogP contribution in [0.1, 0.15) is 83.9 Å². The number of phenols is 1. The minimum absolute atomic E-state index is 0.00674. The van der Waals surface area contributed by atoms with Crippen LogP contribution in [0.4, 0.5) is 0 Å². The van der Waals surface area contributed by atoms with E-state index in [0.29, 0.717) is 43.5 Å². The molecule has 9 atom stereocenters. The van der Waals surface area contributed by atoms with Gasteiger partial charge in [0.2, 0.25) is 41.4 Å². The number of carboxylic acid groups (broad SMARTS) is 1. The first-order valence-corrected chi connectivity index (χ1v) is 22.7. The van der Waals surface area contributed by atoms with Gasteiger partial charge < -0.3 is 73.7 Å². The van der Waals surface area contributed by atoms with Crippen LogP contribution in [0.5, 0.6) is 5.75 Å². The molecule has 1 fully saturated rings. The second-order valence-corrected chi connectivity index (χ2v) is 17.2. The Kier molecular flexibility index (Phi) is 23.1. The zero-order chi connectivity index (χ0) is 49.6. The highest BCUT2D eigenvalue weighted by atomic mass is 16.4. The number of carbonyl (C=O) groups is 8. The molecule has 3 rings (SSSR count). The van der Waals surface area contributed by atoms with Crippen LogP contribution < -0.4 is 48.3 Å². The molecule has 1 aliphatic heterocycles. The summed E-state index contributed by atoms with van der Waals surface area (Å²) in [6, 6.07) is -4.48. The number of carboxylic acids is 1. The first-order chi connectivity index (χ1) is 31.9. The van der Waals surface area contributed by atoms with E-state index in [1.807, 2.05) is 0 Å². The number of hydrogen-bond acceptors (Lipinski definition) is 14. The fraction of sp³-hybridized carbons (Fsp3) is 0.614. The molecule has 1 saturated heterocycles. The molecule has 67 heavy (non-hydrogen) atoms. The van der Waals surface area contributed by atoms with E-state index in [-0.39, 0.29) is 43.9 Å². The summed E-state index contributed by atoms with van der Waals surface area (Å²) in [5.74, 6) is -7.75. The number of benzene rings is 1. The molecule has 7 amide bonds. The van der Waals surface area contributed by atoms with Crippen LogP contribution in [-0.2, 0) is 51.2 Å². The average molecular weight is 944 g/mol. The van der Waals surface area contributed by atoms with Crippen molar-refractivity contribution in [3.63, 3.8) is 0 Å². The van der Waals surface area contributed by atoms with Crippen molar-refractivity contribution in [3.8, 4) is 5.75 Å². The Labute approximate surface area is 389 Å². The fourth-order valence-electron chi connectivity index (χ4n) is 7.23. The highest BCUT2D eigenvalue weighted by molar-refractivity contribution is 5.98. The lowest BCUT2D eigenvalue weighted by Gasteiger charge is -2.29. The van der Waals surface area contributed by atoms with E-state index in [0.717, 1.165) is 6.42 Å². The maximum atomic E-state index is 14.0. The predicted octanol–water partition coefficient (Wildman–Crippen LogP) is -2.66. The van der Waals surface area contributed by atoms with Crippen LogP contribution in [0.25, 0.3) is 0 Å². The maximum Gasteiger partial charge on any atom is 0.326 e. The van der Waals surface area contributed by atoms with Gasteiger partial charge in [0, 0.05) is 24.7 Å². The third-order valence-corrected chi connectivity index (χ3v) is 11.3. The van der Waals surface area contributed by atoms with Gasteiger partial charge in [0.1, 0.15) is 48.0 Å². The fourth-order valence-corrected chi connectivity index (χ4v) is 7.23. The number of aliphatic hydroxyl groups is 2. The number of aliphatic carboxylic acids is 1. The number of aromatic hydroxyl groups is 1. The second kappa shape index (κ2) is 28.1. The minimum atomic E-state index is -1.66. The van der Waals surface area contributed by atoms with Crippen molar-refractivity contribution in [2.45, 2.75) is 134 Å². The number of hydrogen-bond donors (Lipinski definition) is 14. The topological polar surface area (TPSA) is 368 Å². The molecule has 372 valence electrons. The number of nitrogens with one attached hydrogen (secondary N) is 9. The third kappa shape index (κ3) is 18.2. The van der Waals surface area contributed by atoms with E-state index >= 15 is 0 Å². The van der Waals surface area contributed by atoms with Gasteiger partial charge in [0.15, 0.2) is 0 Å². The van der Waals surface area contributed by atoms with Crippen molar-refractivity contribution >= 4 is 47.3 Å². The zero-order valence-corrected chi connectivity index (χ0v) is 38.5. The summed E-state index contributed by atoms with van der Waals surface area (Å²) >= 11 is 0. The monoisotopic (exact) mass is 944 g/mol. The summed E-state index contributed by atoms with van der Waals surface area (Å²) in [5, 5.41) is 60.8. The normalized spacial score (nSPS) is 17.0. The molecule has 1 aliphatic rings. The van der Waals surface area contributed by atoms with Gasteiger partial charge in [-0.2, -0.15) is 0 Å². The Balaban J connectivity index is 1.81. The first kappa shape index (κ1) is 55.2. The first-order valence-electron chi connectivity index (χ1n) is 22.7. The third-order valence-electron chi connectivity index (χ3n) is 11.3. The number of aromatic amines is 1. The number of aliphatic hydroxyl groups excluding tert-OH is 2. The maximum absolute atomic E-state index is 14.0. The molecule has 0 radical (unpaired) electrons. The van der Waals surface area contributed by atoms with Crippen molar-refractivity contribution in [2.24, 2.45) is 17.6 Å². The van der Waals surface area contributed by atoms with Gasteiger partial charge >= 0.3 is 5.97 Å². The van der Waals surface area contributed by atoms with Gasteiger partial charge in [-0.1, -0.05) is 46.2 Å². The lowest BCUT2D eigenvalue weighted by atomic mass is 9.97. The van der Waals surface area contributed by atoms with Crippen LogP contribution in [0, 0.1) is 11.8 Å². The molecule has 1 aromatic carbocycles. The molecule has 0 unspecified atom stereocenters. The molecule has 15 N–H and O–H groups in total. The molecule has 23 nitrogen and oxygen atoms in total. The molecule has 23 heteroatoms. The largest absolute Gasteiger partial charge is 0.508 e. The van der Waals surface area contributed by atoms with E-state index in [2.05, 4.69) is 52.5 Å². The summed E-state index contributed by atoms with van der Waals surface area (Å²) in [6.07, 6.45) is 5.02. The standard InChI is InChI=1S/C44H69N11O12/c1-5-25(4)36(55-40(62)32(19-27-20-46-23-48-27)51-42(64)34(21-56)53-37(59)29-10-8-16-47-29)43(65)54-35(22-57)41(63)49-30(9-6-7-15-45)38(60)50-31(18-26-11-13-28(58)14-12-26)39(61)52-33(44(66)67)17-24(2)3/h11-14,20,23-25,29-36,47,56-58H,5-10,15-19,21-22,45H2,1-4H3,(H,46,48)(H,49,63)(H,50,60)(H,51,64)(H,52,61)(H,53,59)(H,54,65)(H,55,62)(H,66,67)/t25-,29-,30-,31-,32-,33-,34-,35-,36-/m0/s1. The van der Waals surface area contributed by atoms with E-state index in [1.165, 1.54) is 36.8 Å². The molecular formula is C44H69N11O12. The molecule has 2 heterocycles. The van der Waals surface area contributed by atoms with Gasteiger partial charge in [-0.15, -0.1) is 0 Å². The molecule has 0 aliphatic carbocycles. The number of H-pyrrole nitrogens is 1. The van der Waals surface area contributed by atoms with E-state index < -0.39 is 115 Å². The predicted molar refractivity (Wildman–Crippen MR) is 242 cm³/mol. The van der Waals surface area contributed by atoms with Crippen molar-refractivity contribution in [1.29, 1.82) is 0 Å². The number of unbranched alkanes of at least 4 members (excludes halogenated alkanes) is 1. The quantitative estimate of drug-likeness (QED) is 0.0370. The number of aromatic nitrogens is 2. The van der Waals surface area contributed by atoms with Crippen LogP contribution >= 0.6 is 0 Å². The second-order valence-electron chi connectivity index (χ2n) is 17.2. The highest BCUT2D eigenvalue weighted by Crippen LogP contribution is 2.15. The van der Waals surface area contributed by atoms with Gasteiger partial charge in [-0.25, -0.2) is 9.78 Å². The summed E-state index contributed by atoms with van der Waals surface area (Å²) in [5.41, 5.74) is 6.64. The number of nitrogens with zero attached hydrogens (tertiary/aromatic N) is 1. The highest BCUT2D eigenvalue weighted by Gasteiger charge is 2.36. The summed E-state index contributed by atoms with van der Waals surface area (Å²) in [6.45, 7) is 6.11. The van der Waals surface area contributed by atoms with Crippen LogP contribution in [0.2, 0.25) is 0 Å². The SMILES string of the molecule is CC[C@H](C)[C@H](NC(=O)[C@H](Cc1cnc[nH]1)NC(=O)[C@H](CO)NC(=O)[C@@H]1CCCN1)C(=O)N[C@@H](CO)C(=O)N[C@@H](CCCCN)C(=O)N[C@@H](Cc1ccc(O)cc1)C(=O)N[C@@H](CC(C)C)C(=O)O. The van der Waals surface area contributed by atoms with Crippen molar-refractivity contribution < 1.29 is 58.8 Å². The molecule has 0 saturated carbocycles. The Morgan fingerprint density at radius 2 is 1.28 bits per heavy atom. The number of nitrogens with two attached hydrogens (primary N) is 1. The number of carbonyl (C=O) groups excluding carboxylic acids is 7. The van der Waals surface area contributed by atoms with Gasteiger partial charge in [-0.05, 0) is 81.1 Å². The summed E-state index contributed by atoms with van der Waals surface area (Å²) in [7, 11) is 0. The lowest BCUT2D eigenvalue weighted by Crippen LogP contribution is -2.62. The molecule has 0 bridgehead atoms. The molecular weight excluding hydrogens is 875 g/mol. The number of phenolic OH excluding ortho intramolecular Hbond substituents is 1. The van der Waals surface area contributed by atoms with Gasteiger partial charge in [-0.3, -0.25) is 33.6 Å². The zero-order valence-electron chi connectivity index (χ0n) is 38.5. The smallest absolute Gasteiger partial charge is 0.326 e.